The summed E-state index contributed by atoms with van der Waals surface area (Å²) in [5, 5.41) is 26.7. The number of nitro benzene ring substituents is 1. The highest BCUT2D eigenvalue weighted by atomic mass is 35.5. The largest absolute Gasteiger partial charge is 0.497 e. The van der Waals surface area contributed by atoms with E-state index in [0.717, 1.165) is 82.5 Å². The smallest absolute Gasteiger partial charge is 0.293 e. The van der Waals surface area contributed by atoms with Gasteiger partial charge in [-0.25, -0.2) is 18.1 Å². The van der Waals surface area contributed by atoms with Crippen LogP contribution in [0.4, 0.5) is 17.1 Å². The van der Waals surface area contributed by atoms with E-state index in [0.29, 0.717) is 47.4 Å². The van der Waals surface area contributed by atoms with E-state index in [4.69, 9.17) is 21.1 Å². The van der Waals surface area contributed by atoms with Crippen molar-refractivity contribution in [1.29, 1.82) is 0 Å². The zero-order valence-corrected chi connectivity index (χ0v) is 43.2. The molecule has 0 unspecified atom stereocenters. The van der Waals surface area contributed by atoms with Crippen LogP contribution < -0.4 is 24.4 Å². The molecular formula is C55H63ClN8O8S. The second kappa shape index (κ2) is 20.2. The van der Waals surface area contributed by atoms with Crippen LogP contribution in [-0.2, 0) is 16.6 Å². The number of halogens is 1. The number of anilines is 2. The van der Waals surface area contributed by atoms with Crippen LogP contribution in [0.1, 0.15) is 98.3 Å². The van der Waals surface area contributed by atoms with E-state index in [2.05, 4.69) is 85.0 Å². The molecule has 16 nitrogen and oxygen atoms in total. The molecule has 10 rings (SSSR count). The van der Waals surface area contributed by atoms with E-state index in [1.54, 1.807) is 37.6 Å². The first-order valence-corrected chi connectivity index (χ1v) is 27.0. The Bertz CT molecular complexity index is 3120. The zero-order valence-electron chi connectivity index (χ0n) is 41.6. The summed E-state index contributed by atoms with van der Waals surface area (Å²) in [4.78, 5) is 40.3. The summed E-state index contributed by atoms with van der Waals surface area (Å²) in [5.41, 5.74) is 4.48. The number of carbonyl (C=O) groups excluding carboxylic acids is 1. The summed E-state index contributed by atoms with van der Waals surface area (Å²) in [5.74, 6) is 0.838. The molecule has 2 aliphatic carbocycles. The highest BCUT2D eigenvalue weighted by Gasteiger charge is 2.55. The van der Waals surface area contributed by atoms with Gasteiger partial charge >= 0.3 is 0 Å². The van der Waals surface area contributed by atoms with Crippen LogP contribution in [0.5, 0.6) is 17.2 Å². The molecule has 1 spiro atoms. The van der Waals surface area contributed by atoms with Gasteiger partial charge in [0.05, 0.1) is 39.3 Å². The van der Waals surface area contributed by atoms with Crippen LogP contribution in [0.25, 0.3) is 11.0 Å². The summed E-state index contributed by atoms with van der Waals surface area (Å²) >= 11 is 6.44. The Kier molecular flexibility index (Phi) is 13.9. The number of carbonyl (C=O) groups is 1. The van der Waals surface area contributed by atoms with Gasteiger partial charge in [0.15, 0.2) is 0 Å². The SMILES string of the molecule is COc1ccc(CN2CCN(C3CC4(C3)CN(c3ccc(C(=O)NS(=O)(=O)c5ccc(NC[C@H]6CC[C@](C)(O)CC6)c([N+](=O)[O-])c5)c(Oc5cnc6[nH]cc(Cl)c6c5)c3)C4)[C@H](c3ccccc3C(C)C)C2)cc1. The number of pyridine rings is 1. The first-order chi connectivity index (χ1) is 34.9. The highest BCUT2D eigenvalue weighted by molar-refractivity contribution is 7.90. The number of fused-ring (bicyclic) bond motifs is 1. The lowest BCUT2D eigenvalue weighted by Gasteiger charge is -2.63. The van der Waals surface area contributed by atoms with E-state index >= 15 is 0 Å². The van der Waals surface area contributed by atoms with Gasteiger partial charge in [-0.05, 0) is 116 Å². The average molecular weight is 1030 g/mol. The minimum atomic E-state index is -4.61. The number of sulfonamides is 1. The molecule has 2 aliphatic heterocycles. The maximum atomic E-state index is 14.1. The van der Waals surface area contributed by atoms with E-state index < -0.39 is 37.0 Å². The van der Waals surface area contributed by atoms with E-state index in [-0.39, 0.29) is 40.1 Å². The molecule has 2 saturated heterocycles. The van der Waals surface area contributed by atoms with Crippen LogP contribution in [0.2, 0.25) is 5.02 Å². The molecule has 4 N–H and O–H groups in total. The number of piperazine rings is 1. The lowest BCUT2D eigenvalue weighted by Crippen LogP contribution is -2.68. The summed E-state index contributed by atoms with van der Waals surface area (Å²) < 4.78 is 41.6. The van der Waals surface area contributed by atoms with Crippen molar-refractivity contribution in [2.75, 3.05) is 56.6 Å². The third-order valence-electron chi connectivity index (χ3n) is 15.6. The summed E-state index contributed by atoms with van der Waals surface area (Å²) in [6.45, 7) is 12.2. The van der Waals surface area contributed by atoms with E-state index in [1.165, 1.54) is 35.0 Å². The summed E-state index contributed by atoms with van der Waals surface area (Å²) in [6, 6.07) is 28.3. The molecule has 4 aromatic carbocycles. The Morgan fingerprint density at radius 1 is 1.00 bits per heavy atom. The predicted molar refractivity (Wildman–Crippen MR) is 282 cm³/mol. The van der Waals surface area contributed by atoms with Crippen LogP contribution >= 0.6 is 11.6 Å². The number of aromatic nitrogens is 2. The molecule has 0 bridgehead atoms. The molecule has 73 heavy (non-hydrogen) atoms. The second-order valence-corrected chi connectivity index (χ2v) is 23.3. The number of nitrogens with zero attached hydrogens (tertiary/aromatic N) is 5. The lowest BCUT2D eigenvalue weighted by atomic mass is 9.59. The van der Waals surface area contributed by atoms with Crippen molar-refractivity contribution in [2.24, 2.45) is 11.3 Å². The van der Waals surface area contributed by atoms with Crippen LogP contribution in [-0.4, -0.2) is 102 Å². The topological polar surface area (TPSA) is 195 Å². The number of benzene rings is 4. The van der Waals surface area contributed by atoms with Gasteiger partial charge < -0.3 is 29.8 Å². The maximum absolute atomic E-state index is 14.1. The van der Waals surface area contributed by atoms with Gasteiger partial charge in [0, 0.05) is 92.7 Å². The van der Waals surface area contributed by atoms with Gasteiger partial charge in [-0.2, -0.15) is 0 Å². The van der Waals surface area contributed by atoms with Gasteiger partial charge in [-0.3, -0.25) is 24.7 Å². The molecule has 2 aromatic heterocycles. The van der Waals surface area contributed by atoms with Crippen LogP contribution in [0.15, 0.2) is 108 Å². The molecule has 6 aromatic rings. The number of hydrogen-bond donors (Lipinski definition) is 4. The number of aliphatic hydroxyl groups is 1. The fraction of sp³-hybridized carbons (Fsp3) is 0.418. The van der Waals surface area contributed by atoms with Gasteiger partial charge in [0.1, 0.15) is 28.6 Å². The van der Waals surface area contributed by atoms with Gasteiger partial charge in [-0.15, -0.1) is 0 Å². The number of methoxy groups -OCH3 is 1. The second-order valence-electron chi connectivity index (χ2n) is 21.2. The maximum Gasteiger partial charge on any atom is 0.293 e. The first kappa shape index (κ1) is 50.3. The molecular weight excluding hydrogens is 968 g/mol. The van der Waals surface area contributed by atoms with Crippen molar-refractivity contribution in [3.63, 3.8) is 0 Å². The van der Waals surface area contributed by atoms with Crippen molar-refractivity contribution in [3.8, 4) is 17.2 Å². The average Bonchev–Trinajstić information content (AvgIpc) is 3.72. The molecule has 0 radical (unpaired) electrons. The van der Waals surface area contributed by atoms with E-state index in [9.17, 15) is 28.4 Å². The van der Waals surface area contributed by atoms with Gasteiger partial charge in [0.25, 0.3) is 21.6 Å². The fourth-order valence-corrected chi connectivity index (χ4v) is 12.7. The number of amides is 1. The fourth-order valence-electron chi connectivity index (χ4n) is 11.5. The Balaban J connectivity index is 0.847. The summed E-state index contributed by atoms with van der Waals surface area (Å²) in [6.07, 6.45) is 8.00. The molecule has 2 saturated carbocycles. The Hall–Kier alpha value is -6.24. The predicted octanol–water partition coefficient (Wildman–Crippen LogP) is 10.0. The lowest BCUT2D eigenvalue weighted by molar-refractivity contribution is -0.384. The summed E-state index contributed by atoms with van der Waals surface area (Å²) in [7, 11) is -2.92. The number of nitro groups is 1. The van der Waals surface area contributed by atoms with Gasteiger partial charge in [0.2, 0.25) is 0 Å². The van der Waals surface area contributed by atoms with Crippen molar-refractivity contribution in [1.82, 2.24) is 24.5 Å². The normalized spacial score (nSPS) is 21.4. The van der Waals surface area contributed by atoms with Crippen LogP contribution in [0.3, 0.4) is 0 Å². The number of H-pyrrole nitrogens is 1. The number of hydrogen-bond acceptors (Lipinski definition) is 13. The highest BCUT2D eigenvalue weighted by Crippen LogP contribution is 2.54. The van der Waals surface area contributed by atoms with Crippen molar-refractivity contribution < 1.29 is 32.7 Å². The minimum absolute atomic E-state index is 0.0652. The number of rotatable bonds is 16. The van der Waals surface area contributed by atoms with Gasteiger partial charge in [-0.1, -0.05) is 61.8 Å². The molecule has 18 heteroatoms. The van der Waals surface area contributed by atoms with Crippen molar-refractivity contribution in [3.05, 3.63) is 141 Å². The molecule has 4 aliphatic rings. The number of ether oxygens (including phenoxy) is 2. The van der Waals surface area contributed by atoms with Crippen molar-refractivity contribution in [2.45, 2.75) is 94.3 Å². The number of aromatic amines is 1. The molecule has 4 fully saturated rings. The molecule has 1 atom stereocenters. The quantitative estimate of drug-likeness (QED) is 0.0529. The Morgan fingerprint density at radius 2 is 1.75 bits per heavy atom. The monoisotopic (exact) mass is 1030 g/mol. The van der Waals surface area contributed by atoms with E-state index in [1.807, 2.05) is 19.1 Å². The first-order valence-electron chi connectivity index (χ1n) is 25.2. The molecule has 1 amide bonds. The standard InChI is InChI=1S/C55H63ClN8O8S/c1-35(2)43-7-5-6-8-44(43)50-32-61(31-37-9-12-40(71-4)13-10-37)21-22-63(50)39-26-55(27-39)33-62(34-55)38-11-15-45(51(23-38)72-41-24-46-47(56)30-59-52(46)58-29-41)53(65)60-73(69,70)42-14-16-48(49(25-42)64(67)68)57-28-36-17-19-54(3,66)20-18-36/h5-16,23-25,29-30,35-36,39,50,57,66H,17-22,26-28,31-34H2,1-4H3,(H,58,59)(H,60,65)/t36-,50-,54-/m0/s1. The Morgan fingerprint density at radius 3 is 2.48 bits per heavy atom. The zero-order chi connectivity index (χ0) is 51.2. The Labute approximate surface area is 431 Å². The third kappa shape index (κ3) is 10.7. The molecule has 384 valence electrons. The van der Waals surface area contributed by atoms with Crippen molar-refractivity contribution >= 4 is 55.6 Å². The molecule has 4 heterocycles. The third-order valence-corrected chi connectivity index (χ3v) is 17.3. The number of nitrogens with one attached hydrogen (secondary N) is 3. The minimum Gasteiger partial charge on any atom is -0.497 e. The van der Waals surface area contributed by atoms with Crippen LogP contribution in [0, 0.1) is 21.4 Å².